The lowest BCUT2D eigenvalue weighted by molar-refractivity contribution is 0.476. The van der Waals surface area contributed by atoms with Crippen LogP contribution in [0, 0.1) is 3.57 Å². The smallest absolute Gasteiger partial charge is 0.261 e. The molecule has 0 saturated heterocycles. The fraction of sp³-hybridized carbons (Fsp3) is 0.385. The number of fused-ring (bicyclic) bond motifs is 1. The van der Waals surface area contributed by atoms with E-state index in [-0.39, 0.29) is 11.3 Å². The zero-order chi connectivity index (χ0) is 13.1. The van der Waals surface area contributed by atoms with Crippen molar-refractivity contribution in [2.45, 2.75) is 32.7 Å². The van der Waals surface area contributed by atoms with Gasteiger partial charge in [-0.25, -0.2) is 4.98 Å². The van der Waals surface area contributed by atoms with Crippen LogP contribution in [0.3, 0.4) is 0 Å². The van der Waals surface area contributed by atoms with Gasteiger partial charge in [0.15, 0.2) is 5.75 Å². The maximum Gasteiger partial charge on any atom is 0.261 e. The SMILES string of the molecule is CCCCCn1cnc2c(O)c(I)ccc2c1=O. The molecule has 0 aliphatic rings. The molecule has 0 atom stereocenters. The zero-order valence-electron chi connectivity index (χ0n) is 10.2. The molecule has 0 aliphatic carbocycles. The molecular formula is C13H15IN2O2. The highest BCUT2D eigenvalue weighted by Gasteiger charge is 2.09. The predicted octanol–water partition coefficient (Wildman–Crippen LogP) is 2.90. The van der Waals surface area contributed by atoms with E-state index in [0.29, 0.717) is 21.0 Å². The quantitative estimate of drug-likeness (QED) is 0.676. The van der Waals surface area contributed by atoms with Crippen LogP contribution in [0.4, 0.5) is 0 Å². The van der Waals surface area contributed by atoms with Gasteiger partial charge in [0.2, 0.25) is 0 Å². The molecule has 1 heterocycles. The summed E-state index contributed by atoms with van der Waals surface area (Å²) in [4.78, 5) is 16.4. The molecule has 4 nitrogen and oxygen atoms in total. The third kappa shape index (κ3) is 2.50. The van der Waals surface area contributed by atoms with Gasteiger partial charge in [-0.15, -0.1) is 0 Å². The summed E-state index contributed by atoms with van der Waals surface area (Å²) in [5, 5.41) is 10.3. The Balaban J connectivity index is 2.45. The molecule has 1 aromatic heterocycles. The first-order valence-electron chi connectivity index (χ1n) is 6.01. The number of hydrogen-bond donors (Lipinski definition) is 1. The van der Waals surface area contributed by atoms with Crippen molar-refractivity contribution in [1.29, 1.82) is 0 Å². The van der Waals surface area contributed by atoms with Gasteiger partial charge >= 0.3 is 0 Å². The van der Waals surface area contributed by atoms with Crippen molar-refractivity contribution in [3.63, 3.8) is 0 Å². The molecule has 5 heteroatoms. The first-order valence-corrected chi connectivity index (χ1v) is 7.09. The van der Waals surface area contributed by atoms with Crippen molar-refractivity contribution in [3.05, 3.63) is 32.4 Å². The molecule has 0 spiro atoms. The second-order valence-electron chi connectivity index (χ2n) is 4.24. The molecule has 0 unspecified atom stereocenters. The van der Waals surface area contributed by atoms with Crippen molar-refractivity contribution in [3.8, 4) is 5.75 Å². The third-order valence-corrected chi connectivity index (χ3v) is 3.79. The molecule has 96 valence electrons. The minimum absolute atomic E-state index is 0.0807. The Morgan fingerprint density at radius 2 is 2.17 bits per heavy atom. The fourth-order valence-electron chi connectivity index (χ4n) is 1.88. The van der Waals surface area contributed by atoms with Crippen LogP contribution in [0.1, 0.15) is 26.2 Å². The number of unbranched alkanes of at least 4 members (excludes halogenated alkanes) is 2. The van der Waals surface area contributed by atoms with Gasteiger partial charge in [0.25, 0.3) is 5.56 Å². The second-order valence-corrected chi connectivity index (χ2v) is 5.40. The minimum Gasteiger partial charge on any atom is -0.505 e. The molecule has 2 rings (SSSR count). The van der Waals surface area contributed by atoms with E-state index in [1.54, 1.807) is 16.7 Å². The highest BCUT2D eigenvalue weighted by atomic mass is 127. The maximum absolute atomic E-state index is 12.2. The van der Waals surface area contributed by atoms with Crippen LogP contribution in [0.5, 0.6) is 5.75 Å². The molecule has 1 aromatic carbocycles. The number of aromatic nitrogens is 2. The van der Waals surface area contributed by atoms with Crippen molar-refractivity contribution >= 4 is 33.5 Å². The number of hydrogen-bond acceptors (Lipinski definition) is 3. The third-order valence-electron chi connectivity index (χ3n) is 2.92. The summed E-state index contributed by atoms with van der Waals surface area (Å²) in [5.74, 6) is 0.0888. The number of aromatic hydroxyl groups is 1. The lowest BCUT2D eigenvalue weighted by atomic mass is 10.2. The van der Waals surface area contributed by atoms with Gasteiger partial charge < -0.3 is 5.11 Å². The zero-order valence-corrected chi connectivity index (χ0v) is 12.3. The fourth-order valence-corrected chi connectivity index (χ4v) is 2.32. The van der Waals surface area contributed by atoms with Gasteiger partial charge in [0, 0.05) is 6.54 Å². The predicted molar refractivity (Wildman–Crippen MR) is 79.9 cm³/mol. The van der Waals surface area contributed by atoms with Gasteiger partial charge in [-0.05, 0) is 41.1 Å². The molecule has 2 aromatic rings. The van der Waals surface area contributed by atoms with Crippen LogP contribution in [0.15, 0.2) is 23.3 Å². The van der Waals surface area contributed by atoms with Crippen LogP contribution in [0.25, 0.3) is 10.9 Å². The largest absolute Gasteiger partial charge is 0.505 e. The van der Waals surface area contributed by atoms with Gasteiger partial charge in [-0.1, -0.05) is 19.8 Å². The Kier molecular flexibility index (Phi) is 4.21. The highest BCUT2D eigenvalue weighted by molar-refractivity contribution is 14.1. The Morgan fingerprint density at radius 3 is 2.89 bits per heavy atom. The van der Waals surface area contributed by atoms with E-state index in [1.165, 1.54) is 6.33 Å². The van der Waals surface area contributed by atoms with Crippen LogP contribution in [0.2, 0.25) is 0 Å². The van der Waals surface area contributed by atoms with E-state index in [1.807, 2.05) is 22.6 Å². The summed E-state index contributed by atoms with van der Waals surface area (Å²) in [6, 6.07) is 3.46. The summed E-state index contributed by atoms with van der Waals surface area (Å²) in [6.07, 6.45) is 4.72. The van der Waals surface area contributed by atoms with E-state index in [4.69, 9.17) is 0 Å². The molecule has 0 amide bonds. The maximum atomic E-state index is 12.2. The van der Waals surface area contributed by atoms with Crippen LogP contribution >= 0.6 is 22.6 Å². The van der Waals surface area contributed by atoms with E-state index in [9.17, 15) is 9.90 Å². The van der Waals surface area contributed by atoms with E-state index in [2.05, 4.69) is 11.9 Å². The van der Waals surface area contributed by atoms with Crippen LogP contribution in [-0.2, 0) is 6.54 Å². The number of phenols is 1. The summed E-state index contributed by atoms with van der Waals surface area (Å²) < 4.78 is 2.32. The van der Waals surface area contributed by atoms with E-state index >= 15 is 0 Å². The average molecular weight is 358 g/mol. The molecule has 18 heavy (non-hydrogen) atoms. The monoisotopic (exact) mass is 358 g/mol. The topological polar surface area (TPSA) is 55.1 Å². The first kappa shape index (κ1) is 13.3. The van der Waals surface area contributed by atoms with Gasteiger partial charge in [-0.2, -0.15) is 0 Å². The Morgan fingerprint density at radius 1 is 1.39 bits per heavy atom. The summed E-state index contributed by atoms with van der Waals surface area (Å²) in [5.41, 5.74) is 0.307. The van der Waals surface area contributed by atoms with Crippen LogP contribution < -0.4 is 5.56 Å². The number of rotatable bonds is 4. The Bertz CT molecular complexity index is 622. The Labute approximate surface area is 119 Å². The molecule has 0 radical (unpaired) electrons. The normalized spacial score (nSPS) is 11.0. The van der Waals surface area contributed by atoms with E-state index in [0.717, 1.165) is 19.3 Å². The molecule has 1 N–H and O–H groups in total. The van der Waals surface area contributed by atoms with Crippen molar-refractivity contribution in [1.82, 2.24) is 9.55 Å². The average Bonchev–Trinajstić information content (AvgIpc) is 2.37. The standard InChI is InChI=1S/C13H15IN2O2/c1-2-3-4-7-16-8-15-11-9(13(16)18)5-6-10(14)12(11)17/h5-6,8,17H,2-4,7H2,1H3. The number of nitrogens with zero attached hydrogens (tertiary/aromatic N) is 2. The molecular weight excluding hydrogens is 343 g/mol. The number of halogens is 1. The van der Waals surface area contributed by atoms with Gasteiger partial charge in [0.1, 0.15) is 5.52 Å². The van der Waals surface area contributed by atoms with Gasteiger partial charge in [0.05, 0.1) is 15.3 Å². The number of phenolic OH excluding ortho intramolecular Hbond substituents is 1. The molecule has 0 saturated carbocycles. The van der Waals surface area contributed by atoms with Gasteiger partial charge in [-0.3, -0.25) is 9.36 Å². The first-order chi connectivity index (χ1) is 8.65. The Hall–Kier alpha value is -1.11. The highest BCUT2D eigenvalue weighted by Crippen LogP contribution is 2.25. The van der Waals surface area contributed by atoms with E-state index < -0.39 is 0 Å². The van der Waals surface area contributed by atoms with Crippen LogP contribution in [-0.4, -0.2) is 14.7 Å². The molecule has 0 aliphatic heterocycles. The number of benzene rings is 1. The lowest BCUT2D eigenvalue weighted by Crippen LogP contribution is -2.20. The minimum atomic E-state index is -0.0807. The summed E-state index contributed by atoms with van der Waals surface area (Å²) in [7, 11) is 0. The van der Waals surface area contributed by atoms with Crippen molar-refractivity contribution < 1.29 is 5.11 Å². The molecule has 0 fully saturated rings. The molecule has 0 bridgehead atoms. The summed E-state index contributed by atoms with van der Waals surface area (Å²) in [6.45, 7) is 2.81. The second kappa shape index (κ2) is 5.69. The number of aryl methyl sites for hydroxylation is 1. The van der Waals surface area contributed by atoms with Crippen molar-refractivity contribution in [2.75, 3.05) is 0 Å². The lowest BCUT2D eigenvalue weighted by Gasteiger charge is -2.07. The summed E-state index contributed by atoms with van der Waals surface area (Å²) >= 11 is 2.02. The van der Waals surface area contributed by atoms with Crippen molar-refractivity contribution in [2.24, 2.45) is 0 Å².